The lowest BCUT2D eigenvalue weighted by molar-refractivity contribution is -0.142. The van der Waals surface area contributed by atoms with Gasteiger partial charge in [-0.2, -0.15) is 15.0 Å². The molecule has 0 saturated carbocycles. The van der Waals surface area contributed by atoms with Crippen molar-refractivity contribution >= 4 is 71.3 Å². The fraction of sp³-hybridized carbons (Fsp3) is 0.691. The fourth-order valence-electron chi connectivity index (χ4n) is 10.5. The highest BCUT2D eigenvalue weighted by atomic mass is 16.4. The van der Waals surface area contributed by atoms with Crippen molar-refractivity contribution in [2.24, 2.45) is 0 Å². The predicted molar refractivity (Wildman–Crippen MR) is 307 cm³/mol. The number of nitrogens with zero attached hydrogens (tertiary/aromatic N) is 10. The molecule has 5 rings (SSSR count). The Morgan fingerprint density at radius 1 is 0.518 bits per heavy atom. The molecule has 2 unspecified atom stereocenters. The SMILES string of the molecule is O=C(O)CNC(=O)NC(CCCCNC(=O)CCCCCCCCCCN1CCN(c2nc(Nc3ccc(CC4CN(CC(=O)O)CCN(CC(=O)O)CCN(CC(=O)O)CCN4CC(=O)O)cc3)nc(N3CCCCC3)n2)CC1)C(=O)O. The van der Waals surface area contributed by atoms with Crippen LogP contribution in [0, 0.1) is 0 Å². The predicted octanol–water partition coefficient (Wildman–Crippen LogP) is 1.83. The normalized spacial score (nSPS) is 17.8. The molecule has 1 aromatic carbocycles. The van der Waals surface area contributed by atoms with Crippen LogP contribution in [0.5, 0.6) is 0 Å². The standard InChI is InChI=1S/C55H88N14O14/c70-45(56-20-10-9-14-44(51(81)82)59-55(83)57-35-46(71)72)15-8-5-3-1-2-4-6-11-21-63-28-31-68(32-29-63)54-61-52(60-53(62-54)67-22-12-7-13-23-67)58-42-18-16-41(17-19-42)34-43-36-66(39-49(77)78)27-26-64(37-47(73)74)24-25-65(38-48(75)76)30-33-69(43)40-50(79)80/h16-19,43-44H,1-15,20-40H2,(H,56,70)(H,71,72)(H,73,74)(H,75,76)(H,77,78)(H,79,80)(H,81,82)(H2,57,59,83)(H,58,60,61,62). The summed E-state index contributed by atoms with van der Waals surface area (Å²) >= 11 is 0. The minimum absolute atomic E-state index is 0.0412. The molecule has 0 bridgehead atoms. The van der Waals surface area contributed by atoms with Gasteiger partial charge in [0.25, 0.3) is 0 Å². The fourth-order valence-corrected chi connectivity index (χ4v) is 10.5. The van der Waals surface area contributed by atoms with Crippen molar-refractivity contribution in [3.05, 3.63) is 29.8 Å². The molecule has 0 aliphatic carbocycles. The largest absolute Gasteiger partial charge is 0.480 e. The molecule has 4 heterocycles. The lowest BCUT2D eigenvalue weighted by Crippen LogP contribution is -2.53. The summed E-state index contributed by atoms with van der Waals surface area (Å²) in [6.07, 6.45) is 13.7. The Labute approximate surface area is 484 Å². The second-order valence-corrected chi connectivity index (χ2v) is 21.7. The van der Waals surface area contributed by atoms with E-state index < -0.39 is 60.5 Å². The first-order chi connectivity index (χ1) is 39.9. The van der Waals surface area contributed by atoms with Crippen molar-refractivity contribution in [3.8, 4) is 0 Å². The van der Waals surface area contributed by atoms with Crippen LogP contribution in [0.1, 0.15) is 102 Å². The van der Waals surface area contributed by atoms with Gasteiger partial charge in [-0.3, -0.25) is 53.3 Å². The Hall–Kier alpha value is -7.01. The van der Waals surface area contributed by atoms with Crippen LogP contribution in [-0.4, -0.2) is 261 Å². The maximum absolute atomic E-state index is 12.3. The summed E-state index contributed by atoms with van der Waals surface area (Å²) < 4.78 is 0. The molecule has 10 N–H and O–H groups in total. The van der Waals surface area contributed by atoms with Crippen molar-refractivity contribution in [1.82, 2.24) is 55.4 Å². The molecule has 83 heavy (non-hydrogen) atoms. The van der Waals surface area contributed by atoms with Crippen LogP contribution < -0.4 is 31.1 Å². The van der Waals surface area contributed by atoms with Gasteiger partial charge in [-0.1, -0.05) is 50.7 Å². The minimum atomic E-state index is -1.24. The van der Waals surface area contributed by atoms with Gasteiger partial charge in [0.15, 0.2) is 0 Å². The van der Waals surface area contributed by atoms with Crippen LogP contribution in [-0.2, 0) is 40.0 Å². The summed E-state index contributed by atoms with van der Waals surface area (Å²) in [7, 11) is 0. The Balaban J connectivity index is 1.07. The van der Waals surface area contributed by atoms with Crippen LogP contribution in [0.2, 0.25) is 0 Å². The number of carbonyl (C=O) groups is 8. The van der Waals surface area contributed by atoms with Crippen LogP contribution in [0.4, 0.5) is 28.3 Å². The van der Waals surface area contributed by atoms with E-state index in [-0.39, 0.29) is 84.3 Å². The molecule has 0 radical (unpaired) electrons. The zero-order valence-corrected chi connectivity index (χ0v) is 47.8. The van der Waals surface area contributed by atoms with Gasteiger partial charge in [-0.05, 0) is 82.0 Å². The number of benzene rings is 1. The Morgan fingerprint density at radius 3 is 1.63 bits per heavy atom. The van der Waals surface area contributed by atoms with Gasteiger partial charge in [-0.15, -0.1) is 0 Å². The number of anilines is 4. The van der Waals surface area contributed by atoms with Gasteiger partial charge in [0, 0.05) is 110 Å². The average molecular weight is 1170 g/mol. The van der Waals surface area contributed by atoms with E-state index >= 15 is 0 Å². The molecule has 28 nitrogen and oxygen atoms in total. The highest BCUT2D eigenvalue weighted by molar-refractivity contribution is 5.84. The molecule has 462 valence electrons. The van der Waals surface area contributed by atoms with Crippen LogP contribution in [0.3, 0.4) is 0 Å². The summed E-state index contributed by atoms with van der Waals surface area (Å²) in [4.78, 5) is 122. The number of nitrogens with one attached hydrogen (secondary N) is 4. The van der Waals surface area contributed by atoms with E-state index in [1.807, 2.05) is 24.3 Å². The molecule has 3 aliphatic rings. The highest BCUT2D eigenvalue weighted by Crippen LogP contribution is 2.25. The number of rotatable bonds is 34. The number of piperazine rings is 1. The first kappa shape index (κ1) is 66.8. The number of urea groups is 1. The topological polar surface area (TPSA) is 367 Å². The molecule has 3 amide bonds. The van der Waals surface area contributed by atoms with Gasteiger partial charge in [0.2, 0.25) is 23.8 Å². The van der Waals surface area contributed by atoms with Gasteiger partial charge in [0.1, 0.15) is 12.6 Å². The van der Waals surface area contributed by atoms with E-state index in [0.29, 0.717) is 50.1 Å². The monoisotopic (exact) mass is 1170 g/mol. The van der Waals surface area contributed by atoms with Crippen molar-refractivity contribution < 1.29 is 69.0 Å². The maximum atomic E-state index is 12.3. The van der Waals surface area contributed by atoms with Crippen LogP contribution >= 0.6 is 0 Å². The third kappa shape index (κ3) is 26.8. The first-order valence-electron chi connectivity index (χ1n) is 29.3. The zero-order valence-electron chi connectivity index (χ0n) is 47.8. The van der Waals surface area contributed by atoms with Crippen molar-refractivity contribution in [2.75, 3.05) is 146 Å². The van der Waals surface area contributed by atoms with E-state index in [4.69, 9.17) is 20.1 Å². The number of carboxylic acid groups (broad SMARTS) is 6. The molecular formula is C55H88N14O14. The molecule has 0 spiro atoms. The molecule has 2 aromatic rings. The van der Waals surface area contributed by atoms with E-state index in [1.54, 1.807) is 19.6 Å². The Morgan fingerprint density at radius 2 is 1.05 bits per heavy atom. The number of carbonyl (C=O) groups excluding carboxylic acids is 2. The van der Waals surface area contributed by atoms with Crippen molar-refractivity contribution in [1.29, 1.82) is 0 Å². The smallest absolute Gasteiger partial charge is 0.326 e. The lowest BCUT2D eigenvalue weighted by Gasteiger charge is -2.37. The van der Waals surface area contributed by atoms with Gasteiger partial charge in [0.05, 0.1) is 26.2 Å². The van der Waals surface area contributed by atoms with E-state index in [2.05, 4.69) is 36.0 Å². The molecule has 2 atom stereocenters. The molecule has 3 aliphatic heterocycles. The summed E-state index contributed by atoms with van der Waals surface area (Å²) in [5.41, 5.74) is 1.57. The first-order valence-corrected chi connectivity index (χ1v) is 29.3. The second-order valence-electron chi connectivity index (χ2n) is 21.7. The number of amides is 3. The van der Waals surface area contributed by atoms with E-state index in [9.17, 15) is 63.9 Å². The Kier molecular flexibility index (Phi) is 29.4. The number of unbranched alkanes of at least 4 members (excludes halogenated alkanes) is 8. The van der Waals surface area contributed by atoms with Crippen molar-refractivity contribution in [2.45, 2.75) is 115 Å². The van der Waals surface area contributed by atoms with Gasteiger partial charge in [-0.25, -0.2) is 9.59 Å². The number of aromatic nitrogens is 3. The molecule has 1 aromatic heterocycles. The number of hydrogen-bond donors (Lipinski definition) is 10. The molecule has 3 fully saturated rings. The molecular weight excluding hydrogens is 1080 g/mol. The quantitative estimate of drug-likeness (QED) is 0.0447. The third-order valence-electron chi connectivity index (χ3n) is 15.0. The summed E-state index contributed by atoms with van der Waals surface area (Å²) in [6, 6.07) is 5.11. The molecule has 28 heteroatoms. The van der Waals surface area contributed by atoms with Gasteiger partial charge >= 0.3 is 41.8 Å². The number of aliphatic carboxylic acids is 6. The van der Waals surface area contributed by atoms with Crippen molar-refractivity contribution in [3.63, 3.8) is 0 Å². The summed E-state index contributed by atoms with van der Waals surface area (Å²) in [5.74, 6) is -5.13. The third-order valence-corrected chi connectivity index (χ3v) is 15.0. The summed E-state index contributed by atoms with van der Waals surface area (Å²) in [5, 5.41) is 67.8. The number of carboxylic acids is 6. The number of piperidine rings is 1. The summed E-state index contributed by atoms with van der Waals surface area (Å²) in [6.45, 7) is 5.89. The van der Waals surface area contributed by atoms with E-state index in [0.717, 1.165) is 128 Å². The molecule has 3 saturated heterocycles. The minimum Gasteiger partial charge on any atom is -0.480 e. The Bertz CT molecular complexity index is 2380. The van der Waals surface area contributed by atoms with Crippen LogP contribution in [0.15, 0.2) is 24.3 Å². The highest BCUT2D eigenvalue weighted by Gasteiger charge is 2.29. The van der Waals surface area contributed by atoms with Crippen LogP contribution in [0.25, 0.3) is 0 Å². The second kappa shape index (κ2) is 36.5. The lowest BCUT2D eigenvalue weighted by atomic mass is 10.0. The number of hydrogen-bond acceptors (Lipinski definition) is 19. The maximum Gasteiger partial charge on any atom is 0.326 e. The average Bonchev–Trinajstić information content (AvgIpc) is 3.58. The van der Waals surface area contributed by atoms with E-state index in [1.165, 1.54) is 0 Å². The zero-order chi connectivity index (χ0) is 59.9. The van der Waals surface area contributed by atoms with Gasteiger partial charge < -0.3 is 61.7 Å².